The van der Waals surface area contributed by atoms with Crippen LogP contribution in [0.1, 0.15) is 62.5 Å². The summed E-state index contributed by atoms with van der Waals surface area (Å²) in [4.78, 5) is 66.8. The number of hydrogen-bond acceptors (Lipinski definition) is 6. The van der Waals surface area contributed by atoms with E-state index in [4.69, 9.17) is 11.1 Å². The van der Waals surface area contributed by atoms with Gasteiger partial charge in [-0.25, -0.2) is 0 Å². The fraction of sp³-hybridized carbons (Fsp3) is 0.471. The second-order valence-electron chi connectivity index (χ2n) is 12.2. The Morgan fingerprint density at radius 2 is 1.57 bits per heavy atom. The van der Waals surface area contributed by atoms with Gasteiger partial charge in [0.15, 0.2) is 5.96 Å². The van der Waals surface area contributed by atoms with Crippen molar-refractivity contribution in [3.63, 3.8) is 0 Å². The van der Waals surface area contributed by atoms with Crippen molar-refractivity contribution in [2.45, 2.75) is 94.4 Å². The number of aryl methyl sites for hydroxylation is 1. The molecule has 5 atom stereocenters. The van der Waals surface area contributed by atoms with Crippen molar-refractivity contribution >= 4 is 35.6 Å². The van der Waals surface area contributed by atoms with Gasteiger partial charge < -0.3 is 37.0 Å². The van der Waals surface area contributed by atoms with Crippen molar-refractivity contribution in [3.8, 4) is 0 Å². The standard InChI is InChI=1S/C34H45N7O6/c35-34(36)37-19-7-12-26(31(45)38-24(21-30(43)44)14-13-22-8-3-1-4-9-22)40-32(46)28-18-16-25-15-17-27(33(47)41(25)28)39-29(42)20-23-10-5-2-6-11-23/h1-6,8-11,24-28H,7,12-21H2,(H,38,45)(H,39,42)(H,40,46)(H,43,44)(H4,35,36,37)/t24-,25+,26+,27?,28+/m1/s1. The number of aliphatic carboxylic acids is 1. The topological polar surface area (TPSA) is 207 Å². The third kappa shape index (κ3) is 10.5. The molecular formula is C34H45N7O6. The first-order valence-electron chi connectivity index (χ1n) is 16.2. The summed E-state index contributed by atoms with van der Waals surface area (Å²) < 4.78 is 0. The molecule has 0 aromatic heterocycles. The second kappa shape index (κ2) is 17.1. The molecule has 0 aliphatic carbocycles. The van der Waals surface area contributed by atoms with Crippen LogP contribution in [0.4, 0.5) is 0 Å². The molecule has 13 heteroatoms. The van der Waals surface area contributed by atoms with Crippen LogP contribution in [0.3, 0.4) is 0 Å². The summed E-state index contributed by atoms with van der Waals surface area (Å²) in [6, 6.07) is 15.4. The van der Waals surface area contributed by atoms with Crippen molar-refractivity contribution in [1.82, 2.24) is 26.2 Å². The van der Waals surface area contributed by atoms with Gasteiger partial charge in [-0.05, 0) is 62.5 Å². The van der Waals surface area contributed by atoms with Crippen LogP contribution in [0, 0.1) is 5.41 Å². The highest BCUT2D eigenvalue weighted by Gasteiger charge is 2.46. The molecule has 2 fully saturated rings. The van der Waals surface area contributed by atoms with E-state index in [1.54, 1.807) is 4.90 Å². The largest absolute Gasteiger partial charge is 0.481 e. The van der Waals surface area contributed by atoms with E-state index in [-0.39, 0.29) is 43.1 Å². The minimum absolute atomic E-state index is 0.134. The molecular weight excluding hydrogens is 602 g/mol. The Bertz CT molecular complexity index is 1410. The average molecular weight is 648 g/mol. The molecule has 2 aromatic carbocycles. The SMILES string of the molecule is N=C(N)NCCC[C@H](NC(=O)[C@@H]1CC[C@@H]2CCC(NC(=O)Cc3ccccc3)C(=O)N21)C(=O)N[C@H](CCc1ccccc1)CC(=O)O. The summed E-state index contributed by atoms with van der Waals surface area (Å²) in [6.45, 7) is 0.294. The Balaban J connectivity index is 1.41. The van der Waals surface area contributed by atoms with Gasteiger partial charge in [-0.1, -0.05) is 60.7 Å². The number of carboxylic acids is 1. The van der Waals surface area contributed by atoms with E-state index >= 15 is 0 Å². The van der Waals surface area contributed by atoms with Gasteiger partial charge in [0.2, 0.25) is 23.6 Å². The van der Waals surface area contributed by atoms with E-state index in [0.29, 0.717) is 51.5 Å². The molecule has 47 heavy (non-hydrogen) atoms. The predicted octanol–water partition coefficient (Wildman–Crippen LogP) is 1.21. The van der Waals surface area contributed by atoms with Gasteiger partial charge in [-0.15, -0.1) is 0 Å². The third-order valence-corrected chi connectivity index (χ3v) is 8.70. The molecule has 252 valence electrons. The fourth-order valence-corrected chi connectivity index (χ4v) is 6.37. The molecule has 8 N–H and O–H groups in total. The zero-order valence-electron chi connectivity index (χ0n) is 26.5. The van der Waals surface area contributed by atoms with Crippen molar-refractivity contribution in [2.75, 3.05) is 6.54 Å². The number of fused-ring (bicyclic) bond motifs is 1. The molecule has 2 aliphatic heterocycles. The van der Waals surface area contributed by atoms with E-state index in [1.807, 2.05) is 60.7 Å². The minimum Gasteiger partial charge on any atom is -0.481 e. The first kappa shape index (κ1) is 34.9. The Labute approximate surface area is 274 Å². The van der Waals surface area contributed by atoms with Crippen LogP contribution in [-0.4, -0.2) is 82.3 Å². The van der Waals surface area contributed by atoms with Crippen LogP contribution in [-0.2, 0) is 36.8 Å². The van der Waals surface area contributed by atoms with Crippen LogP contribution < -0.4 is 27.0 Å². The Kier molecular flexibility index (Phi) is 12.7. The highest BCUT2D eigenvalue weighted by Crippen LogP contribution is 2.33. The van der Waals surface area contributed by atoms with E-state index in [9.17, 15) is 29.1 Å². The number of piperidine rings is 1. The number of guanidine groups is 1. The van der Waals surface area contributed by atoms with Gasteiger partial charge in [0.05, 0.1) is 12.8 Å². The highest BCUT2D eigenvalue weighted by atomic mass is 16.4. The number of amides is 4. The number of carboxylic acid groups (broad SMARTS) is 1. The number of nitrogens with one attached hydrogen (secondary N) is 5. The van der Waals surface area contributed by atoms with Gasteiger partial charge in [0.1, 0.15) is 18.1 Å². The van der Waals surface area contributed by atoms with E-state index < -0.39 is 42.0 Å². The molecule has 0 radical (unpaired) electrons. The molecule has 0 bridgehead atoms. The number of carbonyl (C=O) groups excluding carboxylic acids is 4. The van der Waals surface area contributed by atoms with Crippen molar-refractivity contribution in [1.29, 1.82) is 5.41 Å². The molecule has 2 aliphatic rings. The van der Waals surface area contributed by atoms with Crippen molar-refractivity contribution in [3.05, 3.63) is 71.8 Å². The molecule has 2 heterocycles. The Morgan fingerprint density at radius 1 is 0.915 bits per heavy atom. The minimum atomic E-state index is -1.05. The van der Waals surface area contributed by atoms with Crippen LogP contribution in [0.15, 0.2) is 60.7 Å². The maximum atomic E-state index is 13.7. The van der Waals surface area contributed by atoms with Crippen LogP contribution >= 0.6 is 0 Å². The molecule has 0 spiro atoms. The van der Waals surface area contributed by atoms with Gasteiger partial charge in [0.25, 0.3) is 0 Å². The van der Waals surface area contributed by atoms with Gasteiger partial charge in [0, 0.05) is 18.6 Å². The quantitative estimate of drug-likeness (QED) is 0.0799. The predicted molar refractivity (Wildman–Crippen MR) is 175 cm³/mol. The molecule has 0 saturated carbocycles. The van der Waals surface area contributed by atoms with Crippen LogP contribution in [0.5, 0.6) is 0 Å². The zero-order valence-corrected chi connectivity index (χ0v) is 26.5. The summed E-state index contributed by atoms with van der Waals surface area (Å²) in [6.07, 6.45) is 3.56. The van der Waals surface area contributed by atoms with Crippen LogP contribution in [0.25, 0.3) is 0 Å². The van der Waals surface area contributed by atoms with Gasteiger partial charge in [-0.2, -0.15) is 0 Å². The van der Waals surface area contributed by atoms with E-state index in [2.05, 4.69) is 21.3 Å². The first-order chi connectivity index (χ1) is 22.6. The number of carbonyl (C=O) groups is 5. The second-order valence-corrected chi connectivity index (χ2v) is 12.2. The smallest absolute Gasteiger partial charge is 0.305 e. The number of rotatable bonds is 16. The van der Waals surface area contributed by atoms with E-state index in [0.717, 1.165) is 11.1 Å². The monoisotopic (exact) mass is 647 g/mol. The first-order valence-corrected chi connectivity index (χ1v) is 16.2. The summed E-state index contributed by atoms with van der Waals surface area (Å²) >= 11 is 0. The lowest BCUT2D eigenvalue weighted by atomic mass is 9.97. The summed E-state index contributed by atoms with van der Waals surface area (Å²) in [5.41, 5.74) is 7.22. The third-order valence-electron chi connectivity index (χ3n) is 8.70. The van der Waals surface area contributed by atoms with Gasteiger partial charge >= 0.3 is 5.97 Å². The number of hydrogen-bond donors (Lipinski definition) is 7. The number of nitrogens with zero attached hydrogens (tertiary/aromatic N) is 1. The molecule has 13 nitrogen and oxygen atoms in total. The number of benzene rings is 2. The van der Waals surface area contributed by atoms with Crippen molar-refractivity contribution in [2.24, 2.45) is 5.73 Å². The molecule has 4 rings (SSSR count). The van der Waals surface area contributed by atoms with Gasteiger partial charge in [-0.3, -0.25) is 29.4 Å². The molecule has 1 unspecified atom stereocenters. The molecule has 2 saturated heterocycles. The lowest BCUT2D eigenvalue weighted by molar-refractivity contribution is -0.146. The Morgan fingerprint density at radius 3 is 2.23 bits per heavy atom. The Hall–Kier alpha value is -4.94. The summed E-state index contributed by atoms with van der Waals surface area (Å²) in [5.74, 6) is -2.85. The fourth-order valence-electron chi connectivity index (χ4n) is 6.37. The normalized spacial score (nSPS) is 20.0. The maximum Gasteiger partial charge on any atom is 0.305 e. The molecule has 2 aromatic rings. The van der Waals surface area contributed by atoms with Crippen molar-refractivity contribution < 1.29 is 29.1 Å². The number of nitrogens with two attached hydrogens (primary N) is 1. The summed E-state index contributed by atoms with van der Waals surface area (Å²) in [5, 5.41) is 28.1. The maximum absolute atomic E-state index is 13.7. The summed E-state index contributed by atoms with van der Waals surface area (Å²) in [7, 11) is 0. The zero-order chi connectivity index (χ0) is 33.8. The molecule has 4 amide bonds. The lowest BCUT2D eigenvalue weighted by Crippen LogP contribution is -2.60. The highest BCUT2D eigenvalue weighted by molar-refractivity contribution is 5.95. The van der Waals surface area contributed by atoms with Crippen LogP contribution in [0.2, 0.25) is 0 Å². The van der Waals surface area contributed by atoms with E-state index in [1.165, 1.54) is 0 Å². The average Bonchev–Trinajstić information content (AvgIpc) is 3.48. The lowest BCUT2D eigenvalue weighted by Gasteiger charge is -2.38.